The summed E-state index contributed by atoms with van der Waals surface area (Å²) in [5.74, 6) is -8.63. The molecule has 70 valence electrons. The number of ketones is 1. The van der Waals surface area contributed by atoms with Crippen LogP contribution in [0.25, 0.3) is 0 Å². The molecule has 0 fully saturated rings. The third kappa shape index (κ3) is 1.51. The Kier molecular flexibility index (Phi) is 2.31. The Morgan fingerprint density at radius 3 is 2.08 bits per heavy atom. The lowest BCUT2D eigenvalue weighted by molar-refractivity contribution is 0.100. The molecule has 0 aliphatic heterocycles. The van der Waals surface area contributed by atoms with Gasteiger partial charge in [0.05, 0.1) is 0 Å². The van der Waals surface area contributed by atoms with Gasteiger partial charge in [0.1, 0.15) is 5.69 Å². The lowest BCUT2D eigenvalue weighted by Crippen LogP contribution is -2.09. The van der Waals surface area contributed by atoms with Gasteiger partial charge in [-0.3, -0.25) is 4.79 Å². The van der Waals surface area contributed by atoms with Crippen LogP contribution < -0.4 is 0 Å². The Labute approximate surface area is 70.2 Å². The molecule has 0 saturated heterocycles. The summed E-state index contributed by atoms with van der Waals surface area (Å²) in [5.41, 5.74) is -1.04. The Bertz CT molecular complexity index is 377. The molecule has 2 nitrogen and oxygen atoms in total. The highest BCUT2D eigenvalue weighted by Gasteiger charge is 2.22. The van der Waals surface area contributed by atoms with Crippen LogP contribution >= 0.6 is 0 Å². The van der Waals surface area contributed by atoms with Crippen LogP contribution in [-0.2, 0) is 0 Å². The quantitative estimate of drug-likeness (QED) is 0.387. The first-order valence-corrected chi connectivity index (χ1v) is 3.16. The first-order valence-electron chi connectivity index (χ1n) is 3.16. The van der Waals surface area contributed by atoms with Gasteiger partial charge in [0, 0.05) is 6.92 Å². The first kappa shape index (κ1) is 9.63. The number of carbonyl (C=O) groups is 1. The van der Waals surface area contributed by atoms with Crippen molar-refractivity contribution in [3.63, 3.8) is 0 Å². The van der Waals surface area contributed by atoms with Gasteiger partial charge in [-0.05, 0) is 0 Å². The maximum atomic E-state index is 12.6. The van der Waals surface area contributed by atoms with E-state index in [0.29, 0.717) is 0 Å². The van der Waals surface area contributed by atoms with Crippen molar-refractivity contribution in [3.05, 3.63) is 29.1 Å². The van der Waals surface area contributed by atoms with Crippen LogP contribution in [0.1, 0.15) is 17.4 Å². The Morgan fingerprint density at radius 1 is 1.08 bits per heavy atom. The number of hydrogen-bond acceptors (Lipinski definition) is 2. The zero-order valence-electron chi connectivity index (χ0n) is 6.37. The third-order valence-electron chi connectivity index (χ3n) is 1.32. The van der Waals surface area contributed by atoms with Gasteiger partial charge in [-0.2, -0.15) is 8.78 Å². The van der Waals surface area contributed by atoms with E-state index in [9.17, 15) is 22.4 Å². The fraction of sp³-hybridized carbons (Fsp3) is 0.143. The standard InChI is InChI=1S/C7H3F4NO/c1-2(13)6-4(9)3(8)5(10)7(11)12-6/h1H3. The molecule has 0 aliphatic carbocycles. The van der Waals surface area contributed by atoms with Crippen molar-refractivity contribution in [2.45, 2.75) is 6.92 Å². The van der Waals surface area contributed by atoms with Gasteiger partial charge in [0.2, 0.25) is 11.6 Å². The van der Waals surface area contributed by atoms with Crippen molar-refractivity contribution in [2.24, 2.45) is 0 Å². The molecular formula is C7H3F4NO. The summed E-state index contributed by atoms with van der Waals surface area (Å²) >= 11 is 0. The minimum atomic E-state index is -2.03. The van der Waals surface area contributed by atoms with Gasteiger partial charge >= 0.3 is 0 Å². The lowest BCUT2D eigenvalue weighted by atomic mass is 10.2. The highest BCUT2D eigenvalue weighted by molar-refractivity contribution is 5.92. The topological polar surface area (TPSA) is 30.0 Å². The molecular weight excluding hydrogens is 190 g/mol. The number of halogens is 4. The molecule has 1 rings (SSSR count). The molecule has 0 bridgehead atoms. The summed E-state index contributed by atoms with van der Waals surface area (Å²) < 4.78 is 49.7. The first-order chi connectivity index (χ1) is 5.95. The maximum absolute atomic E-state index is 12.6. The minimum Gasteiger partial charge on any atom is -0.293 e. The second kappa shape index (κ2) is 3.12. The largest absolute Gasteiger partial charge is 0.293 e. The predicted molar refractivity (Wildman–Crippen MR) is 34.1 cm³/mol. The van der Waals surface area contributed by atoms with Crippen molar-refractivity contribution in [3.8, 4) is 0 Å². The van der Waals surface area contributed by atoms with Gasteiger partial charge in [0.25, 0.3) is 5.95 Å². The van der Waals surface area contributed by atoms with E-state index in [-0.39, 0.29) is 0 Å². The molecule has 0 aromatic carbocycles. The monoisotopic (exact) mass is 193 g/mol. The summed E-state index contributed by atoms with van der Waals surface area (Å²) in [6.07, 6.45) is 0. The molecule has 1 aromatic rings. The zero-order valence-corrected chi connectivity index (χ0v) is 6.37. The molecule has 0 aliphatic rings. The Morgan fingerprint density at radius 2 is 1.62 bits per heavy atom. The van der Waals surface area contributed by atoms with E-state index in [1.165, 1.54) is 0 Å². The number of nitrogens with zero attached hydrogens (tertiary/aromatic N) is 1. The van der Waals surface area contributed by atoms with E-state index in [1.54, 1.807) is 0 Å². The van der Waals surface area contributed by atoms with Gasteiger partial charge in [-0.15, -0.1) is 0 Å². The van der Waals surface area contributed by atoms with Crippen LogP contribution in [0.15, 0.2) is 0 Å². The van der Waals surface area contributed by atoms with Crippen LogP contribution in [0.3, 0.4) is 0 Å². The van der Waals surface area contributed by atoms with Gasteiger partial charge in [0.15, 0.2) is 11.6 Å². The third-order valence-corrected chi connectivity index (χ3v) is 1.32. The molecule has 1 aromatic heterocycles. The summed E-state index contributed by atoms with van der Waals surface area (Å²) in [5, 5.41) is 0. The zero-order chi connectivity index (χ0) is 10.2. The molecule has 0 unspecified atom stereocenters. The van der Waals surface area contributed by atoms with Crippen molar-refractivity contribution in [2.75, 3.05) is 0 Å². The molecule has 0 atom stereocenters. The van der Waals surface area contributed by atoms with Crippen LogP contribution in [0, 0.1) is 23.4 Å². The van der Waals surface area contributed by atoms with E-state index in [0.717, 1.165) is 6.92 Å². The van der Waals surface area contributed by atoms with E-state index in [4.69, 9.17) is 0 Å². The summed E-state index contributed by atoms with van der Waals surface area (Å²) in [6, 6.07) is 0. The van der Waals surface area contributed by atoms with E-state index in [2.05, 4.69) is 4.98 Å². The highest BCUT2D eigenvalue weighted by atomic mass is 19.2. The summed E-state index contributed by atoms with van der Waals surface area (Å²) in [7, 11) is 0. The number of rotatable bonds is 1. The number of hydrogen-bond donors (Lipinski definition) is 0. The smallest absolute Gasteiger partial charge is 0.252 e. The van der Waals surface area contributed by atoms with Crippen LogP contribution in [0.5, 0.6) is 0 Å². The molecule has 6 heteroatoms. The normalized spacial score (nSPS) is 10.2. The Hall–Kier alpha value is -1.46. The van der Waals surface area contributed by atoms with Gasteiger partial charge in [-0.1, -0.05) is 0 Å². The summed E-state index contributed by atoms with van der Waals surface area (Å²) in [6.45, 7) is 0.863. The van der Waals surface area contributed by atoms with Crippen LogP contribution in [-0.4, -0.2) is 10.8 Å². The van der Waals surface area contributed by atoms with Crippen molar-refractivity contribution in [1.29, 1.82) is 0 Å². The SMILES string of the molecule is CC(=O)c1nc(F)c(F)c(F)c1F. The number of Topliss-reactive ketones (excluding diaryl/α,β-unsaturated/α-hetero) is 1. The second-order valence-corrected chi connectivity index (χ2v) is 2.25. The van der Waals surface area contributed by atoms with Crippen LogP contribution in [0.2, 0.25) is 0 Å². The highest BCUT2D eigenvalue weighted by Crippen LogP contribution is 2.15. The van der Waals surface area contributed by atoms with Gasteiger partial charge < -0.3 is 0 Å². The number of pyridine rings is 1. The Balaban J connectivity index is 3.50. The van der Waals surface area contributed by atoms with Crippen LogP contribution in [0.4, 0.5) is 17.6 Å². The van der Waals surface area contributed by atoms with E-state index in [1.807, 2.05) is 0 Å². The van der Waals surface area contributed by atoms with Crippen molar-refractivity contribution in [1.82, 2.24) is 4.98 Å². The fourth-order valence-corrected chi connectivity index (χ4v) is 0.720. The summed E-state index contributed by atoms with van der Waals surface area (Å²) in [4.78, 5) is 13.2. The average Bonchev–Trinajstić information content (AvgIpc) is 2.07. The average molecular weight is 193 g/mol. The molecule has 0 N–H and O–H groups in total. The molecule has 0 saturated carbocycles. The molecule has 0 radical (unpaired) electrons. The van der Waals surface area contributed by atoms with E-state index >= 15 is 0 Å². The molecule has 0 amide bonds. The predicted octanol–water partition coefficient (Wildman–Crippen LogP) is 1.84. The fourth-order valence-electron chi connectivity index (χ4n) is 0.720. The molecule has 13 heavy (non-hydrogen) atoms. The van der Waals surface area contributed by atoms with Gasteiger partial charge in [-0.25, -0.2) is 13.8 Å². The number of carbonyl (C=O) groups excluding carboxylic acids is 1. The minimum absolute atomic E-state index is 0.863. The van der Waals surface area contributed by atoms with E-state index < -0.39 is 34.9 Å². The number of aromatic nitrogens is 1. The molecule has 0 spiro atoms. The van der Waals surface area contributed by atoms with Crippen molar-refractivity contribution < 1.29 is 22.4 Å². The second-order valence-electron chi connectivity index (χ2n) is 2.25. The molecule has 1 heterocycles. The lowest BCUT2D eigenvalue weighted by Gasteiger charge is -2.00. The maximum Gasteiger partial charge on any atom is 0.252 e. The van der Waals surface area contributed by atoms with Crippen molar-refractivity contribution >= 4 is 5.78 Å².